The topological polar surface area (TPSA) is 63.2 Å². The molecule has 0 spiro atoms. The van der Waals surface area contributed by atoms with Gasteiger partial charge in [0.1, 0.15) is 11.4 Å². The average molecular weight is 458 g/mol. The number of nitrogens with zero attached hydrogens (tertiary/aromatic N) is 1. The standard InChI is InChI=1S/C27H27N3O2S/c1-2-32-23-15-13-22(14-16-23)29-27-30-25(19-33-27)26(31)28-18-17-24(20-9-5-3-6-10-20)21-11-7-4-8-12-21/h3-16,19,24H,2,17-18H2,1H3,(H,28,31)(H,29,30). The monoisotopic (exact) mass is 457 g/mol. The van der Waals surface area contributed by atoms with Gasteiger partial charge in [0, 0.05) is 23.5 Å². The normalized spacial score (nSPS) is 10.7. The maximum Gasteiger partial charge on any atom is 0.270 e. The summed E-state index contributed by atoms with van der Waals surface area (Å²) in [6, 6.07) is 28.5. The second kappa shape index (κ2) is 11.3. The first-order valence-corrected chi connectivity index (χ1v) is 11.9. The number of carbonyl (C=O) groups excluding carboxylic acids is 1. The van der Waals surface area contributed by atoms with Crippen molar-refractivity contribution >= 4 is 28.1 Å². The van der Waals surface area contributed by atoms with Crippen molar-refractivity contribution in [1.29, 1.82) is 0 Å². The lowest BCUT2D eigenvalue weighted by Gasteiger charge is -2.18. The Morgan fingerprint density at radius 1 is 0.939 bits per heavy atom. The van der Waals surface area contributed by atoms with E-state index in [0.29, 0.717) is 24.0 Å². The lowest BCUT2D eigenvalue weighted by molar-refractivity contribution is 0.0948. The largest absolute Gasteiger partial charge is 0.494 e. The Bertz CT molecular complexity index is 1110. The summed E-state index contributed by atoms with van der Waals surface area (Å²) in [6.07, 6.45) is 0.807. The zero-order chi connectivity index (χ0) is 22.9. The smallest absolute Gasteiger partial charge is 0.270 e. The number of benzene rings is 3. The number of rotatable bonds is 10. The maximum absolute atomic E-state index is 12.7. The summed E-state index contributed by atoms with van der Waals surface area (Å²) in [5, 5.41) is 8.72. The van der Waals surface area contributed by atoms with Crippen LogP contribution in [0.2, 0.25) is 0 Å². The number of amides is 1. The molecule has 0 saturated carbocycles. The van der Waals surface area contributed by atoms with Crippen LogP contribution in [0.4, 0.5) is 10.8 Å². The number of carbonyl (C=O) groups is 1. The molecule has 0 aliphatic carbocycles. The molecule has 0 bridgehead atoms. The maximum atomic E-state index is 12.7. The third-order valence-corrected chi connectivity index (χ3v) is 6.03. The quantitative estimate of drug-likeness (QED) is 0.296. The first kappa shape index (κ1) is 22.6. The molecule has 0 fully saturated rings. The van der Waals surface area contributed by atoms with Crippen molar-refractivity contribution in [2.45, 2.75) is 19.3 Å². The van der Waals surface area contributed by atoms with Gasteiger partial charge in [-0.25, -0.2) is 4.98 Å². The van der Waals surface area contributed by atoms with Crippen LogP contribution < -0.4 is 15.4 Å². The molecular weight excluding hydrogens is 430 g/mol. The number of ether oxygens (including phenoxy) is 1. The first-order valence-electron chi connectivity index (χ1n) is 11.1. The zero-order valence-corrected chi connectivity index (χ0v) is 19.3. The predicted octanol–water partition coefficient (Wildman–Crippen LogP) is 6.24. The summed E-state index contributed by atoms with van der Waals surface area (Å²) < 4.78 is 5.46. The third-order valence-electron chi connectivity index (χ3n) is 5.28. The Morgan fingerprint density at radius 2 is 1.58 bits per heavy atom. The van der Waals surface area contributed by atoms with Crippen LogP contribution in [-0.2, 0) is 0 Å². The Labute approximate surface area is 198 Å². The molecule has 4 aromatic rings. The molecule has 1 amide bonds. The van der Waals surface area contributed by atoms with Gasteiger partial charge >= 0.3 is 0 Å². The molecule has 4 rings (SSSR count). The van der Waals surface area contributed by atoms with E-state index in [-0.39, 0.29) is 11.8 Å². The van der Waals surface area contributed by atoms with Gasteiger partial charge in [-0.1, -0.05) is 60.7 Å². The van der Waals surface area contributed by atoms with Gasteiger partial charge in [0.25, 0.3) is 5.91 Å². The molecule has 1 aromatic heterocycles. The third kappa shape index (κ3) is 6.20. The van der Waals surface area contributed by atoms with Gasteiger partial charge in [0.05, 0.1) is 6.61 Å². The molecule has 168 valence electrons. The number of hydrogen-bond donors (Lipinski definition) is 2. The second-order valence-corrected chi connectivity index (χ2v) is 8.40. The SMILES string of the molecule is CCOc1ccc(Nc2nc(C(=O)NCCC(c3ccccc3)c3ccccc3)cs2)cc1. The van der Waals surface area contributed by atoms with E-state index < -0.39 is 0 Å². The number of aromatic nitrogens is 1. The number of hydrogen-bond acceptors (Lipinski definition) is 5. The summed E-state index contributed by atoms with van der Waals surface area (Å²) in [7, 11) is 0. The summed E-state index contributed by atoms with van der Waals surface area (Å²) in [5.74, 6) is 0.887. The fourth-order valence-electron chi connectivity index (χ4n) is 3.68. The Morgan fingerprint density at radius 3 is 2.18 bits per heavy atom. The number of thiazole rings is 1. The van der Waals surface area contributed by atoms with Crippen LogP contribution in [0.5, 0.6) is 5.75 Å². The molecule has 3 aromatic carbocycles. The van der Waals surface area contributed by atoms with E-state index in [1.165, 1.54) is 22.5 Å². The van der Waals surface area contributed by atoms with Gasteiger partial charge < -0.3 is 15.4 Å². The fraction of sp³-hybridized carbons (Fsp3) is 0.185. The van der Waals surface area contributed by atoms with E-state index in [0.717, 1.165) is 17.9 Å². The molecule has 0 radical (unpaired) electrons. The van der Waals surface area contributed by atoms with E-state index in [2.05, 4.69) is 64.1 Å². The lowest BCUT2D eigenvalue weighted by atomic mass is 9.88. The summed E-state index contributed by atoms with van der Waals surface area (Å²) in [4.78, 5) is 17.1. The molecule has 0 saturated heterocycles. The van der Waals surface area contributed by atoms with Crippen LogP contribution >= 0.6 is 11.3 Å². The molecule has 0 aliphatic rings. The highest BCUT2D eigenvalue weighted by Gasteiger charge is 2.16. The number of nitrogens with one attached hydrogen (secondary N) is 2. The van der Waals surface area contributed by atoms with Gasteiger partial charge in [0.15, 0.2) is 5.13 Å². The van der Waals surface area contributed by atoms with E-state index in [1.807, 2.05) is 43.3 Å². The lowest BCUT2D eigenvalue weighted by Crippen LogP contribution is -2.26. The van der Waals surface area contributed by atoms with Crippen molar-refractivity contribution < 1.29 is 9.53 Å². The first-order chi connectivity index (χ1) is 16.2. The molecule has 6 heteroatoms. The summed E-state index contributed by atoms with van der Waals surface area (Å²) >= 11 is 1.41. The molecular formula is C27H27N3O2S. The van der Waals surface area contributed by atoms with Crippen LogP contribution in [0.25, 0.3) is 0 Å². The van der Waals surface area contributed by atoms with Crippen molar-refractivity contribution in [2.24, 2.45) is 0 Å². The van der Waals surface area contributed by atoms with Crippen molar-refractivity contribution in [3.63, 3.8) is 0 Å². The van der Waals surface area contributed by atoms with Crippen LogP contribution in [0.1, 0.15) is 40.9 Å². The minimum atomic E-state index is -0.161. The van der Waals surface area contributed by atoms with Gasteiger partial charge in [-0.3, -0.25) is 4.79 Å². The molecule has 0 aliphatic heterocycles. The minimum Gasteiger partial charge on any atom is -0.494 e. The van der Waals surface area contributed by atoms with Crippen LogP contribution in [0.3, 0.4) is 0 Å². The predicted molar refractivity (Wildman–Crippen MR) is 135 cm³/mol. The van der Waals surface area contributed by atoms with Crippen molar-refractivity contribution in [1.82, 2.24) is 10.3 Å². The highest BCUT2D eigenvalue weighted by atomic mass is 32.1. The molecule has 0 atom stereocenters. The van der Waals surface area contributed by atoms with E-state index in [4.69, 9.17) is 4.74 Å². The Balaban J connectivity index is 1.34. The fourth-order valence-corrected chi connectivity index (χ4v) is 4.39. The van der Waals surface area contributed by atoms with E-state index in [9.17, 15) is 4.79 Å². The highest BCUT2D eigenvalue weighted by molar-refractivity contribution is 7.14. The van der Waals surface area contributed by atoms with Gasteiger partial charge in [-0.15, -0.1) is 11.3 Å². The minimum absolute atomic E-state index is 0.161. The Hall–Kier alpha value is -3.64. The number of anilines is 2. The van der Waals surface area contributed by atoms with Crippen LogP contribution in [0, 0.1) is 0 Å². The summed E-state index contributed by atoms with van der Waals surface area (Å²) in [6.45, 7) is 3.15. The highest BCUT2D eigenvalue weighted by Crippen LogP contribution is 2.27. The van der Waals surface area contributed by atoms with Crippen molar-refractivity contribution in [3.05, 3.63) is 107 Å². The molecule has 2 N–H and O–H groups in total. The Kier molecular flexibility index (Phi) is 7.72. The second-order valence-electron chi connectivity index (χ2n) is 7.54. The van der Waals surface area contributed by atoms with Gasteiger partial charge in [0.2, 0.25) is 0 Å². The summed E-state index contributed by atoms with van der Waals surface area (Å²) in [5.41, 5.74) is 3.81. The van der Waals surface area contributed by atoms with Crippen molar-refractivity contribution in [3.8, 4) is 5.75 Å². The molecule has 33 heavy (non-hydrogen) atoms. The average Bonchev–Trinajstić information content (AvgIpc) is 3.33. The van der Waals surface area contributed by atoms with Crippen LogP contribution in [0.15, 0.2) is 90.3 Å². The zero-order valence-electron chi connectivity index (χ0n) is 18.5. The molecule has 1 heterocycles. The van der Waals surface area contributed by atoms with Crippen LogP contribution in [-0.4, -0.2) is 24.0 Å². The van der Waals surface area contributed by atoms with Crippen molar-refractivity contribution in [2.75, 3.05) is 18.5 Å². The van der Waals surface area contributed by atoms with Gasteiger partial charge in [-0.2, -0.15) is 0 Å². The van der Waals surface area contributed by atoms with E-state index in [1.54, 1.807) is 5.38 Å². The van der Waals surface area contributed by atoms with E-state index >= 15 is 0 Å². The van der Waals surface area contributed by atoms with Gasteiger partial charge in [-0.05, 0) is 48.7 Å². The molecule has 0 unspecified atom stereocenters. The molecule has 5 nitrogen and oxygen atoms in total.